The molecule has 1 atom stereocenters. The molecule has 0 saturated heterocycles. The molecule has 0 heterocycles. The van der Waals surface area contributed by atoms with Crippen LogP contribution in [0.1, 0.15) is 28.7 Å². The predicted molar refractivity (Wildman–Crippen MR) is 87.1 cm³/mol. The van der Waals surface area contributed by atoms with Gasteiger partial charge in [0.1, 0.15) is 0 Å². The quantitative estimate of drug-likeness (QED) is 0.661. The van der Waals surface area contributed by atoms with Gasteiger partial charge in [-0.3, -0.25) is 0 Å². The molecule has 0 bridgehead atoms. The molecule has 100 valence electrons. The van der Waals surface area contributed by atoms with E-state index in [-0.39, 0.29) is 0 Å². The first-order valence-electron chi connectivity index (χ1n) is 6.88. The van der Waals surface area contributed by atoms with Gasteiger partial charge < -0.3 is 0 Å². The third-order valence-corrected chi connectivity index (χ3v) is 4.19. The molecule has 2 aromatic carbocycles. The molecule has 0 saturated carbocycles. The first-order chi connectivity index (χ1) is 9.13. The van der Waals surface area contributed by atoms with E-state index in [1.807, 2.05) is 0 Å². The van der Waals surface area contributed by atoms with Gasteiger partial charge in [-0.15, -0.1) is 0 Å². The van der Waals surface area contributed by atoms with Crippen LogP contribution in [0.4, 0.5) is 0 Å². The van der Waals surface area contributed by atoms with E-state index in [0.29, 0.717) is 4.83 Å². The summed E-state index contributed by atoms with van der Waals surface area (Å²) >= 11 is 3.81. The van der Waals surface area contributed by atoms with E-state index in [4.69, 9.17) is 0 Å². The Labute approximate surface area is 125 Å². The van der Waals surface area contributed by atoms with Gasteiger partial charge in [0.2, 0.25) is 0 Å². The minimum Gasteiger partial charge on any atom is -0.0887 e. The highest BCUT2D eigenvalue weighted by atomic mass is 79.9. The average Bonchev–Trinajstić information content (AvgIpc) is 2.38. The van der Waals surface area contributed by atoms with Gasteiger partial charge in [0.15, 0.2) is 0 Å². The molecule has 0 aliphatic heterocycles. The van der Waals surface area contributed by atoms with Crippen LogP contribution in [-0.2, 0) is 12.8 Å². The number of rotatable bonds is 5. The molecule has 0 spiro atoms. The predicted octanol–water partition coefficient (Wildman–Crippen LogP) is 5.24. The average molecular weight is 317 g/mol. The highest BCUT2D eigenvalue weighted by Gasteiger charge is 2.06. The third kappa shape index (κ3) is 4.83. The summed E-state index contributed by atoms with van der Waals surface area (Å²) in [6.07, 6.45) is 3.42. The van der Waals surface area contributed by atoms with Crippen molar-refractivity contribution in [3.05, 3.63) is 70.8 Å². The smallest absolute Gasteiger partial charge is 0.0189 e. The molecule has 0 aliphatic carbocycles. The molecular formula is C18H21Br. The Bertz CT molecular complexity index is 513. The van der Waals surface area contributed by atoms with Crippen LogP contribution in [0.15, 0.2) is 48.5 Å². The normalized spacial score (nSPS) is 12.4. The molecule has 1 heteroatoms. The second-order valence-electron chi connectivity index (χ2n) is 5.31. The van der Waals surface area contributed by atoms with Crippen molar-refractivity contribution in [2.24, 2.45) is 0 Å². The summed E-state index contributed by atoms with van der Waals surface area (Å²) in [7, 11) is 0. The minimum absolute atomic E-state index is 0.551. The van der Waals surface area contributed by atoms with Crippen molar-refractivity contribution in [2.75, 3.05) is 0 Å². The van der Waals surface area contributed by atoms with Gasteiger partial charge in [-0.2, -0.15) is 0 Å². The Balaban J connectivity index is 1.84. The van der Waals surface area contributed by atoms with Crippen molar-refractivity contribution in [1.29, 1.82) is 0 Å². The van der Waals surface area contributed by atoms with Crippen LogP contribution in [0.5, 0.6) is 0 Å². The van der Waals surface area contributed by atoms with Gasteiger partial charge in [-0.05, 0) is 44.2 Å². The Morgan fingerprint density at radius 1 is 0.895 bits per heavy atom. The molecule has 0 aromatic heterocycles. The van der Waals surface area contributed by atoms with Gasteiger partial charge in [0, 0.05) is 4.83 Å². The van der Waals surface area contributed by atoms with E-state index >= 15 is 0 Å². The van der Waals surface area contributed by atoms with Crippen LogP contribution in [-0.4, -0.2) is 4.83 Å². The largest absolute Gasteiger partial charge is 0.0887 e. The molecule has 0 radical (unpaired) electrons. The second-order valence-corrected chi connectivity index (χ2v) is 6.61. The maximum atomic E-state index is 3.81. The lowest BCUT2D eigenvalue weighted by Crippen LogP contribution is -2.04. The molecule has 19 heavy (non-hydrogen) atoms. The van der Waals surface area contributed by atoms with Crippen LogP contribution in [0.3, 0.4) is 0 Å². The Kier molecular flexibility index (Phi) is 5.21. The standard InChI is InChI=1S/C18H21Br/c1-14-6-8-16(9-7-14)10-11-18(19)13-17-5-3-4-15(2)12-17/h3-9,12,18H,10-11,13H2,1-2H3. The zero-order chi connectivity index (χ0) is 13.7. The minimum atomic E-state index is 0.551. The van der Waals surface area contributed by atoms with E-state index in [0.717, 1.165) is 12.8 Å². The van der Waals surface area contributed by atoms with Crippen molar-refractivity contribution in [3.8, 4) is 0 Å². The van der Waals surface area contributed by atoms with E-state index in [2.05, 4.69) is 78.3 Å². The van der Waals surface area contributed by atoms with E-state index < -0.39 is 0 Å². The lowest BCUT2D eigenvalue weighted by atomic mass is 10.0. The zero-order valence-corrected chi connectivity index (χ0v) is 13.3. The van der Waals surface area contributed by atoms with Crippen molar-refractivity contribution < 1.29 is 0 Å². The summed E-state index contributed by atoms with van der Waals surface area (Å²) in [6.45, 7) is 4.29. The fourth-order valence-electron chi connectivity index (χ4n) is 2.27. The number of halogens is 1. The third-order valence-electron chi connectivity index (χ3n) is 3.41. The maximum absolute atomic E-state index is 3.81. The van der Waals surface area contributed by atoms with Gasteiger partial charge in [-0.25, -0.2) is 0 Å². The molecule has 0 amide bonds. The van der Waals surface area contributed by atoms with Gasteiger partial charge in [-0.1, -0.05) is 75.6 Å². The lowest BCUT2D eigenvalue weighted by Gasteiger charge is -2.10. The van der Waals surface area contributed by atoms with Crippen LogP contribution in [0, 0.1) is 13.8 Å². The lowest BCUT2D eigenvalue weighted by molar-refractivity contribution is 0.763. The highest BCUT2D eigenvalue weighted by molar-refractivity contribution is 9.09. The van der Waals surface area contributed by atoms with Gasteiger partial charge >= 0.3 is 0 Å². The van der Waals surface area contributed by atoms with Gasteiger partial charge in [0.25, 0.3) is 0 Å². The molecule has 0 nitrogen and oxygen atoms in total. The SMILES string of the molecule is Cc1ccc(CCC(Br)Cc2cccc(C)c2)cc1. The molecule has 0 fully saturated rings. The van der Waals surface area contributed by atoms with E-state index in [9.17, 15) is 0 Å². The molecule has 0 aliphatic rings. The number of alkyl halides is 1. The summed E-state index contributed by atoms with van der Waals surface area (Å²) in [6, 6.07) is 17.7. The maximum Gasteiger partial charge on any atom is 0.0189 e. The van der Waals surface area contributed by atoms with Crippen LogP contribution < -0.4 is 0 Å². The van der Waals surface area contributed by atoms with Crippen molar-refractivity contribution in [1.82, 2.24) is 0 Å². The fraction of sp³-hybridized carbons (Fsp3) is 0.333. The van der Waals surface area contributed by atoms with Crippen LogP contribution >= 0.6 is 15.9 Å². The zero-order valence-electron chi connectivity index (χ0n) is 11.7. The summed E-state index contributed by atoms with van der Waals surface area (Å²) in [5.41, 5.74) is 5.53. The van der Waals surface area contributed by atoms with Crippen molar-refractivity contribution in [2.45, 2.75) is 37.9 Å². The monoisotopic (exact) mass is 316 g/mol. The van der Waals surface area contributed by atoms with Crippen LogP contribution in [0.2, 0.25) is 0 Å². The van der Waals surface area contributed by atoms with Crippen LogP contribution in [0.25, 0.3) is 0 Å². The summed E-state index contributed by atoms with van der Waals surface area (Å²) in [5, 5.41) is 0. The molecule has 2 rings (SSSR count). The summed E-state index contributed by atoms with van der Waals surface area (Å²) in [5.74, 6) is 0. The highest BCUT2D eigenvalue weighted by Crippen LogP contribution is 2.17. The van der Waals surface area contributed by atoms with Crippen molar-refractivity contribution >= 4 is 15.9 Å². The van der Waals surface area contributed by atoms with Crippen molar-refractivity contribution in [3.63, 3.8) is 0 Å². The Morgan fingerprint density at radius 3 is 2.32 bits per heavy atom. The number of hydrogen-bond donors (Lipinski definition) is 0. The molecule has 0 N–H and O–H groups in total. The summed E-state index contributed by atoms with van der Waals surface area (Å²) < 4.78 is 0. The topological polar surface area (TPSA) is 0 Å². The first-order valence-corrected chi connectivity index (χ1v) is 7.80. The number of benzene rings is 2. The Hall–Kier alpha value is -1.08. The molecule has 1 unspecified atom stereocenters. The Morgan fingerprint density at radius 2 is 1.63 bits per heavy atom. The fourth-order valence-corrected chi connectivity index (χ4v) is 2.88. The first kappa shape index (κ1) is 14.3. The molecule has 2 aromatic rings. The summed E-state index contributed by atoms with van der Waals surface area (Å²) in [4.78, 5) is 0.551. The van der Waals surface area contributed by atoms with E-state index in [1.165, 1.54) is 28.7 Å². The van der Waals surface area contributed by atoms with E-state index in [1.54, 1.807) is 0 Å². The number of hydrogen-bond acceptors (Lipinski definition) is 0. The molecular weight excluding hydrogens is 296 g/mol. The second kappa shape index (κ2) is 6.91. The van der Waals surface area contributed by atoms with Gasteiger partial charge in [0.05, 0.1) is 0 Å². The number of aryl methyl sites for hydroxylation is 3.